The smallest absolute Gasteiger partial charge is 0.159 e. The quantitative estimate of drug-likeness (QED) is 0.557. The van der Waals surface area contributed by atoms with Gasteiger partial charge < -0.3 is 19.5 Å². The molecule has 7 nitrogen and oxygen atoms in total. The molecule has 2 aromatic carbocycles. The van der Waals surface area contributed by atoms with Gasteiger partial charge in [0.05, 0.1) is 23.7 Å². The zero-order valence-electron chi connectivity index (χ0n) is 17.3. The van der Waals surface area contributed by atoms with E-state index >= 15 is 0 Å². The van der Waals surface area contributed by atoms with Crippen LogP contribution in [-0.4, -0.2) is 65.4 Å². The SMILES string of the molecule is COc1ccc2[nH]nc(-c3nc4c(C)c(N5CCC(N(C)C)C5)ccc4[nH]3)c2c1. The number of anilines is 1. The summed E-state index contributed by atoms with van der Waals surface area (Å²) in [6, 6.07) is 10.8. The summed E-state index contributed by atoms with van der Waals surface area (Å²) in [5, 5.41) is 8.59. The third-order valence-electron chi connectivity index (χ3n) is 6.11. The number of H-pyrrole nitrogens is 2. The van der Waals surface area contributed by atoms with Crippen molar-refractivity contribution in [2.24, 2.45) is 0 Å². The Labute approximate surface area is 169 Å². The fraction of sp³-hybridized carbons (Fsp3) is 0.364. The van der Waals surface area contributed by atoms with Crippen molar-refractivity contribution in [1.82, 2.24) is 25.1 Å². The van der Waals surface area contributed by atoms with Crippen LogP contribution < -0.4 is 9.64 Å². The summed E-state index contributed by atoms with van der Waals surface area (Å²) >= 11 is 0. The molecular formula is C22H26N6O. The van der Waals surface area contributed by atoms with Crippen molar-refractivity contribution in [2.45, 2.75) is 19.4 Å². The standard InChI is InChI=1S/C22H26N6O/c1-13-19(28-10-9-14(12-28)27(2)3)8-7-18-20(13)24-22(23-18)21-16-11-15(29-4)5-6-17(16)25-26-21/h5-8,11,14H,9-10,12H2,1-4H3,(H,23,24)(H,25,26). The molecule has 1 atom stereocenters. The molecule has 2 aromatic heterocycles. The Morgan fingerprint density at radius 2 is 2.00 bits per heavy atom. The Hall–Kier alpha value is -3.06. The van der Waals surface area contributed by atoms with Crippen LogP contribution in [0.25, 0.3) is 33.5 Å². The van der Waals surface area contributed by atoms with Crippen LogP contribution in [0.3, 0.4) is 0 Å². The highest BCUT2D eigenvalue weighted by atomic mass is 16.5. The molecule has 3 heterocycles. The van der Waals surface area contributed by atoms with E-state index in [1.54, 1.807) is 7.11 Å². The molecular weight excluding hydrogens is 364 g/mol. The van der Waals surface area contributed by atoms with Crippen LogP contribution in [0.5, 0.6) is 5.75 Å². The van der Waals surface area contributed by atoms with Crippen molar-refractivity contribution < 1.29 is 4.74 Å². The third kappa shape index (κ3) is 2.93. The lowest BCUT2D eigenvalue weighted by Gasteiger charge is -2.23. The van der Waals surface area contributed by atoms with E-state index in [1.165, 1.54) is 17.7 Å². The Morgan fingerprint density at radius 3 is 2.76 bits per heavy atom. The molecule has 0 spiro atoms. The van der Waals surface area contributed by atoms with Crippen LogP contribution in [0, 0.1) is 6.92 Å². The number of aromatic nitrogens is 4. The maximum atomic E-state index is 5.38. The minimum absolute atomic E-state index is 0.602. The van der Waals surface area contributed by atoms with Crippen LogP contribution in [0.1, 0.15) is 12.0 Å². The number of nitrogens with one attached hydrogen (secondary N) is 2. The molecule has 0 bridgehead atoms. The first-order valence-corrected chi connectivity index (χ1v) is 9.98. The summed E-state index contributed by atoms with van der Waals surface area (Å²) in [6.07, 6.45) is 1.19. The number of rotatable bonds is 4. The van der Waals surface area contributed by atoms with Gasteiger partial charge in [0.2, 0.25) is 0 Å². The zero-order valence-corrected chi connectivity index (χ0v) is 17.3. The minimum Gasteiger partial charge on any atom is -0.497 e. The number of likely N-dealkylation sites (N-methyl/N-ethyl adjacent to an activating group) is 1. The van der Waals surface area contributed by atoms with Crippen LogP contribution in [-0.2, 0) is 0 Å². The topological polar surface area (TPSA) is 73.1 Å². The van der Waals surface area contributed by atoms with Gasteiger partial charge in [-0.25, -0.2) is 4.98 Å². The summed E-state index contributed by atoms with van der Waals surface area (Å²) < 4.78 is 5.38. The molecule has 7 heteroatoms. The lowest BCUT2D eigenvalue weighted by Crippen LogP contribution is -2.31. The van der Waals surface area contributed by atoms with Gasteiger partial charge in [-0.15, -0.1) is 0 Å². The molecule has 1 aliphatic heterocycles. The first-order valence-electron chi connectivity index (χ1n) is 9.98. The number of fused-ring (bicyclic) bond motifs is 2. The van der Waals surface area contributed by atoms with Gasteiger partial charge in [-0.1, -0.05) is 0 Å². The lowest BCUT2D eigenvalue weighted by molar-refractivity contribution is 0.315. The monoisotopic (exact) mass is 390 g/mol. The van der Waals surface area contributed by atoms with Crippen LogP contribution in [0.4, 0.5) is 5.69 Å². The molecule has 4 aromatic rings. The van der Waals surface area contributed by atoms with E-state index in [2.05, 4.69) is 58.1 Å². The number of hydrogen-bond donors (Lipinski definition) is 2. The van der Waals surface area contributed by atoms with Crippen molar-refractivity contribution in [1.29, 1.82) is 0 Å². The number of nitrogens with zero attached hydrogens (tertiary/aromatic N) is 4. The first kappa shape index (κ1) is 18.0. The summed E-state index contributed by atoms with van der Waals surface area (Å²) in [7, 11) is 5.99. The Morgan fingerprint density at radius 1 is 1.17 bits per heavy atom. The Bertz CT molecular complexity index is 1190. The number of benzene rings is 2. The molecule has 150 valence electrons. The molecule has 1 unspecified atom stereocenters. The van der Waals surface area contributed by atoms with E-state index in [4.69, 9.17) is 9.72 Å². The first-order chi connectivity index (χ1) is 14.0. The summed E-state index contributed by atoms with van der Waals surface area (Å²) in [5.41, 5.74) is 6.29. The zero-order chi connectivity index (χ0) is 20.1. The van der Waals surface area contributed by atoms with Gasteiger partial charge in [-0.3, -0.25) is 5.10 Å². The van der Waals surface area contributed by atoms with Gasteiger partial charge in [0.15, 0.2) is 5.82 Å². The highest BCUT2D eigenvalue weighted by Crippen LogP contribution is 2.33. The molecule has 0 radical (unpaired) electrons. The molecule has 1 saturated heterocycles. The average Bonchev–Trinajstić information content (AvgIpc) is 3.45. The predicted octanol–water partition coefficient (Wildman–Crippen LogP) is 3.56. The number of aromatic amines is 2. The molecule has 1 fully saturated rings. The number of hydrogen-bond acceptors (Lipinski definition) is 5. The Balaban J connectivity index is 1.56. The maximum Gasteiger partial charge on any atom is 0.159 e. The molecule has 1 aliphatic rings. The molecule has 29 heavy (non-hydrogen) atoms. The Kier molecular flexibility index (Phi) is 4.20. The van der Waals surface area contributed by atoms with Gasteiger partial charge >= 0.3 is 0 Å². The van der Waals surface area contributed by atoms with Crippen LogP contribution >= 0.6 is 0 Å². The average molecular weight is 390 g/mol. The number of imidazole rings is 1. The molecule has 2 N–H and O–H groups in total. The van der Waals surface area contributed by atoms with Gasteiger partial charge in [0.25, 0.3) is 0 Å². The maximum absolute atomic E-state index is 5.38. The van der Waals surface area contributed by atoms with E-state index in [0.717, 1.165) is 52.3 Å². The second-order valence-corrected chi connectivity index (χ2v) is 8.03. The van der Waals surface area contributed by atoms with E-state index in [1.807, 2.05) is 18.2 Å². The highest BCUT2D eigenvalue weighted by Gasteiger charge is 2.26. The van der Waals surface area contributed by atoms with Gasteiger partial charge in [0, 0.05) is 35.8 Å². The third-order valence-corrected chi connectivity index (χ3v) is 6.11. The fourth-order valence-electron chi connectivity index (χ4n) is 4.34. The van der Waals surface area contributed by atoms with Gasteiger partial charge in [0.1, 0.15) is 11.4 Å². The largest absolute Gasteiger partial charge is 0.497 e. The second kappa shape index (κ2) is 6.77. The van der Waals surface area contributed by atoms with Crippen molar-refractivity contribution in [2.75, 3.05) is 39.2 Å². The highest BCUT2D eigenvalue weighted by molar-refractivity contribution is 5.95. The van der Waals surface area contributed by atoms with E-state index in [0.29, 0.717) is 6.04 Å². The van der Waals surface area contributed by atoms with Crippen LogP contribution in [0.2, 0.25) is 0 Å². The van der Waals surface area contributed by atoms with Crippen LogP contribution in [0.15, 0.2) is 30.3 Å². The molecule has 0 amide bonds. The predicted molar refractivity (Wildman–Crippen MR) is 117 cm³/mol. The van der Waals surface area contributed by atoms with Crippen molar-refractivity contribution in [3.63, 3.8) is 0 Å². The van der Waals surface area contributed by atoms with Crippen molar-refractivity contribution in [3.8, 4) is 17.3 Å². The second-order valence-electron chi connectivity index (χ2n) is 8.03. The summed E-state index contributed by atoms with van der Waals surface area (Å²) in [6.45, 7) is 4.30. The van der Waals surface area contributed by atoms with E-state index < -0.39 is 0 Å². The molecule has 0 aliphatic carbocycles. The lowest BCUT2D eigenvalue weighted by atomic mass is 10.1. The van der Waals surface area contributed by atoms with Gasteiger partial charge in [-0.05, 0) is 57.8 Å². The van der Waals surface area contributed by atoms with Crippen molar-refractivity contribution in [3.05, 3.63) is 35.9 Å². The summed E-state index contributed by atoms with van der Waals surface area (Å²) in [5.74, 6) is 1.58. The number of ether oxygens (including phenoxy) is 1. The van der Waals surface area contributed by atoms with Gasteiger partial charge in [-0.2, -0.15) is 5.10 Å². The molecule has 5 rings (SSSR count). The molecule has 0 saturated carbocycles. The van der Waals surface area contributed by atoms with E-state index in [9.17, 15) is 0 Å². The number of methoxy groups -OCH3 is 1. The normalized spacial score (nSPS) is 17.1. The summed E-state index contributed by atoms with van der Waals surface area (Å²) in [4.78, 5) is 13.2. The van der Waals surface area contributed by atoms with Crippen molar-refractivity contribution >= 4 is 27.6 Å². The fourth-order valence-corrected chi connectivity index (χ4v) is 4.34. The van der Waals surface area contributed by atoms with E-state index in [-0.39, 0.29) is 0 Å². The minimum atomic E-state index is 0.602. The number of aryl methyl sites for hydroxylation is 1.